The third-order valence-electron chi connectivity index (χ3n) is 4.34. The average Bonchev–Trinajstić information content (AvgIpc) is 3.14. The Morgan fingerprint density at radius 3 is 2.70 bits per heavy atom. The lowest BCUT2D eigenvalue weighted by molar-refractivity contribution is 0.284. The van der Waals surface area contributed by atoms with E-state index in [1.54, 1.807) is 23.6 Å². The molecule has 9 heteroatoms. The van der Waals surface area contributed by atoms with Gasteiger partial charge in [0.05, 0.1) is 7.11 Å². The Bertz CT molecular complexity index is 922. The molecule has 7 nitrogen and oxygen atoms in total. The Labute approximate surface area is 188 Å². The molecule has 1 heterocycles. The SMILES string of the molecule is COc1cc(CNCCCSc2nnnn2C)ccc1OCc1cccc(C)c1.Cl. The van der Waals surface area contributed by atoms with Crippen molar-refractivity contribution in [3.63, 3.8) is 0 Å². The fraction of sp³-hybridized carbons (Fsp3) is 0.381. The average molecular weight is 450 g/mol. The fourth-order valence-electron chi connectivity index (χ4n) is 2.84. The van der Waals surface area contributed by atoms with Crippen molar-refractivity contribution in [1.29, 1.82) is 0 Å². The van der Waals surface area contributed by atoms with Crippen molar-refractivity contribution in [2.45, 2.75) is 31.7 Å². The van der Waals surface area contributed by atoms with Gasteiger partial charge >= 0.3 is 0 Å². The molecule has 0 aliphatic heterocycles. The Hall–Kier alpha value is -2.29. The molecule has 1 N–H and O–H groups in total. The van der Waals surface area contributed by atoms with Crippen molar-refractivity contribution in [3.05, 3.63) is 59.2 Å². The number of nitrogens with one attached hydrogen (secondary N) is 1. The molecule has 1 aromatic heterocycles. The molecule has 0 amide bonds. The molecule has 3 aromatic rings. The number of ether oxygens (including phenoxy) is 2. The van der Waals surface area contributed by atoms with Gasteiger partial charge in [-0.1, -0.05) is 47.7 Å². The molecule has 0 aliphatic carbocycles. The predicted molar refractivity (Wildman–Crippen MR) is 122 cm³/mol. The number of aromatic nitrogens is 4. The molecule has 0 fully saturated rings. The van der Waals surface area contributed by atoms with Gasteiger partial charge in [0.1, 0.15) is 6.61 Å². The van der Waals surface area contributed by atoms with Crippen LogP contribution >= 0.6 is 24.2 Å². The minimum Gasteiger partial charge on any atom is -0.493 e. The second-order valence-corrected chi connectivity index (χ2v) is 7.79. The highest BCUT2D eigenvalue weighted by molar-refractivity contribution is 7.99. The largest absolute Gasteiger partial charge is 0.493 e. The molecule has 0 bridgehead atoms. The van der Waals surface area contributed by atoms with Gasteiger partial charge in [-0.05, 0) is 53.6 Å². The molecule has 30 heavy (non-hydrogen) atoms. The summed E-state index contributed by atoms with van der Waals surface area (Å²) in [5.74, 6) is 2.48. The van der Waals surface area contributed by atoms with Gasteiger partial charge in [-0.3, -0.25) is 0 Å². The summed E-state index contributed by atoms with van der Waals surface area (Å²) in [5.41, 5.74) is 3.54. The Balaban J connectivity index is 0.00000320. The van der Waals surface area contributed by atoms with Crippen LogP contribution in [0.1, 0.15) is 23.1 Å². The van der Waals surface area contributed by atoms with Crippen LogP contribution in [0.2, 0.25) is 0 Å². The lowest BCUT2D eigenvalue weighted by atomic mass is 10.1. The maximum atomic E-state index is 5.96. The minimum absolute atomic E-state index is 0. The van der Waals surface area contributed by atoms with E-state index in [2.05, 4.69) is 52.0 Å². The van der Waals surface area contributed by atoms with E-state index in [1.807, 2.05) is 25.2 Å². The normalized spacial score (nSPS) is 10.5. The van der Waals surface area contributed by atoms with Gasteiger partial charge in [-0.25, -0.2) is 4.68 Å². The summed E-state index contributed by atoms with van der Waals surface area (Å²) in [6, 6.07) is 14.4. The Kier molecular flexibility index (Phi) is 9.93. The van der Waals surface area contributed by atoms with Crippen LogP contribution < -0.4 is 14.8 Å². The molecular formula is C21H28ClN5O2S. The highest BCUT2D eigenvalue weighted by Gasteiger charge is 2.07. The number of thioether (sulfide) groups is 1. The molecule has 0 unspecified atom stereocenters. The first-order valence-corrected chi connectivity index (χ1v) is 10.6. The number of hydrogen-bond donors (Lipinski definition) is 1. The van der Waals surface area contributed by atoms with Crippen molar-refractivity contribution < 1.29 is 9.47 Å². The zero-order valence-electron chi connectivity index (χ0n) is 17.5. The van der Waals surface area contributed by atoms with Crippen LogP contribution in [0.25, 0.3) is 0 Å². The standard InChI is InChI=1S/C21H27N5O2S.ClH/c1-16-6-4-7-18(12-16)15-28-19-9-8-17(13-20(19)27-3)14-22-10-5-11-29-21-23-24-25-26(21)2;/h4,6-9,12-13,22H,5,10-11,14-15H2,1-3H3;1H. The first-order chi connectivity index (χ1) is 14.2. The number of rotatable bonds is 11. The molecule has 0 aliphatic rings. The molecule has 0 saturated carbocycles. The quantitative estimate of drug-likeness (QED) is 0.352. The van der Waals surface area contributed by atoms with Gasteiger partial charge in [0.15, 0.2) is 11.5 Å². The molecule has 2 aromatic carbocycles. The minimum atomic E-state index is 0. The number of nitrogens with zero attached hydrogens (tertiary/aromatic N) is 4. The molecule has 3 rings (SSSR count). The summed E-state index contributed by atoms with van der Waals surface area (Å²) in [6.07, 6.45) is 1.03. The van der Waals surface area contributed by atoms with E-state index in [0.29, 0.717) is 6.61 Å². The van der Waals surface area contributed by atoms with Crippen molar-refractivity contribution >= 4 is 24.2 Å². The zero-order valence-corrected chi connectivity index (χ0v) is 19.1. The van der Waals surface area contributed by atoms with Gasteiger partial charge in [0.2, 0.25) is 5.16 Å². The van der Waals surface area contributed by atoms with Gasteiger partial charge < -0.3 is 14.8 Å². The third kappa shape index (κ3) is 7.19. The van der Waals surface area contributed by atoms with Crippen LogP contribution in [0.15, 0.2) is 47.6 Å². The van der Waals surface area contributed by atoms with Gasteiger partial charge in [-0.2, -0.15) is 0 Å². The zero-order chi connectivity index (χ0) is 20.5. The summed E-state index contributed by atoms with van der Waals surface area (Å²) in [7, 11) is 3.52. The van der Waals surface area contributed by atoms with Crippen molar-refractivity contribution in [2.24, 2.45) is 7.05 Å². The summed E-state index contributed by atoms with van der Waals surface area (Å²) < 4.78 is 13.2. The predicted octanol–water partition coefficient (Wildman–Crippen LogP) is 3.80. The van der Waals surface area contributed by atoms with E-state index in [0.717, 1.165) is 53.0 Å². The lowest BCUT2D eigenvalue weighted by Crippen LogP contribution is -2.15. The van der Waals surface area contributed by atoms with E-state index in [4.69, 9.17) is 9.47 Å². The molecule has 0 saturated heterocycles. The van der Waals surface area contributed by atoms with Crippen LogP contribution in [-0.4, -0.2) is 39.6 Å². The van der Waals surface area contributed by atoms with Crippen LogP contribution in [0, 0.1) is 6.92 Å². The smallest absolute Gasteiger partial charge is 0.209 e. The number of hydrogen-bond acceptors (Lipinski definition) is 7. The van der Waals surface area contributed by atoms with Gasteiger partial charge in [0, 0.05) is 19.3 Å². The summed E-state index contributed by atoms with van der Waals surface area (Å²) >= 11 is 1.66. The van der Waals surface area contributed by atoms with Crippen molar-refractivity contribution in [2.75, 3.05) is 19.4 Å². The number of benzene rings is 2. The fourth-order valence-corrected chi connectivity index (χ4v) is 3.63. The van der Waals surface area contributed by atoms with Crippen molar-refractivity contribution in [3.8, 4) is 11.5 Å². The molecule has 0 radical (unpaired) electrons. The third-order valence-corrected chi connectivity index (χ3v) is 5.44. The molecule has 0 atom stereocenters. The number of methoxy groups -OCH3 is 1. The van der Waals surface area contributed by atoms with E-state index >= 15 is 0 Å². The topological polar surface area (TPSA) is 74.1 Å². The highest BCUT2D eigenvalue weighted by atomic mass is 35.5. The summed E-state index contributed by atoms with van der Waals surface area (Å²) in [6.45, 7) is 4.31. The maximum absolute atomic E-state index is 5.96. The summed E-state index contributed by atoms with van der Waals surface area (Å²) in [5, 5.41) is 15.7. The monoisotopic (exact) mass is 449 g/mol. The van der Waals surface area contributed by atoms with Crippen LogP contribution in [0.3, 0.4) is 0 Å². The van der Waals surface area contributed by atoms with Gasteiger partial charge in [-0.15, -0.1) is 17.5 Å². The first-order valence-electron chi connectivity index (χ1n) is 9.57. The first kappa shape index (κ1) is 24.0. The van der Waals surface area contributed by atoms with Crippen LogP contribution in [0.4, 0.5) is 0 Å². The van der Waals surface area contributed by atoms with Crippen LogP contribution in [0.5, 0.6) is 11.5 Å². The van der Waals surface area contributed by atoms with E-state index in [1.165, 1.54) is 5.56 Å². The van der Waals surface area contributed by atoms with E-state index in [-0.39, 0.29) is 12.4 Å². The van der Waals surface area contributed by atoms with E-state index < -0.39 is 0 Å². The number of halogens is 1. The number of tetrazole rings is 1. The second kappa shape index (κ2) is 12.4. The maximum Gasteiger partial charge on any atom is 0.209 e. The Morgan fingerprint density at radius 1 is 1.10 bits per heavy atom. The molecular weight excluding hydrogens is 422 g/mol. The highest BCUT2D eigenvalue weighted by Crippen LogP contribution is 2.29. The van der Waals surface area contributed by atoms with Crippen molar-refractivity contribution in [1.82, 2.24) is 25.5 Å². The Morgan fingerprint density at radius 2 is 1.97 bits per heavy atom. The summed E-state index contributed by atoms with van der Waals surface area (Å²) in [4.78, 5) is 0. The van der Waals surface area contributed by atoms with E-state index in [9.17, 15) is 0 Å². The van der Waals surface area contributed by atoms with Gasteiger partial charge in [0.25, 0.3) is 0 Å². The molecule has 0 spiro atoms. The number of aryl methyl sites for hydroxylation is 2. The lowest BCUT2D eigenvalue weighted by Gasteiger charge is -2.13. The molecule has 162 valence electrons. The van der Waals surface area contributed by atoms with Crippen LogP contribution in [-0.2, 0) is 20.2 Å². The second-order valence-electron chi connectivity index (χ2n) is 6.73.